The van der Waals surface area contributed by atoms with Crippen LogP contribution in [0.5, 0.6) is 0 Å². The van der Waals surface area contributed by atoms with E-state index in [1.54, 1.807) is 24.3 Å². The van der Waals surface area contributed by atoms with Gasteiger partial charge in [0.2, 0.25) is 11.8 Å². The van der Waals surface area contributed by atoms with Crippen molar-refractivity contribution in [1.29, 1.82) is 0 Å². The molecule has 0 aliphatic heterocycles. The smallest absolute Gasteiger partial charge is 0.307 e. The molecule has 0 aromatic heterocycles. The molecule has 2 aliphatic rings. The minimum Gasteiger partial charge on any atom is -0.481 e. The second kappa shape index (κ2) is 9.73. The normalized spacial score (nSPS) is 26.4. The van der Waals surface area contributed by atoms with E-state index in [4.69, 9.17) is 0 Å². The van der Waals surface area contributed by atoms with Crippen molar-refractivity contribution in [3.05, 3.63) is 24.3 Å². The predicted molar refractivity (Wildman–Crippen MR) is 110 cm³/mol. The van der Waals surface area contributed by atoms with Crippen LogP contribution in [0.3, 0.4) is 0 Å². The zero-order chi connectivity index (χ0) is 21.7. The molecule has 4 N–H and O–H groups in total. The van der Waals surface area contributed by atoms with Crippen molar-refractivity contribution < 1.29 is 29.4 Å². The number of benzene rings is 1. The third kappa shape index (κ3) is 5.17. The summed E-state index contributed by atoms with van der Waals surface area (Å²) >= 11 is 0. The van der Waals surface area contributed by atoms with Crippen LogP contribution in [0.25, 0.3) is 0 Å². The number of carboxylic acid groups (broad SMARTS) is 2. The number of anilines is 2. The monoisotopic (exact) mass is 416 g/mol. The minimum absolute atomic E-state index is 0.301. The summed E-state index contributed by atoms with van der Waals surface area (Å²) in [5.41, 5.74) is 1.04. The van der Waals surface area contributed by atoms with Crippen LogP contribution in [0, 0.1) is 23.7 Å². The van der Waals surface area contributed by atoms with Crippen LogP contribution in [-0.4, -0.2) is 34.0 Å². The number of carbonyl (C=O) groups is 4. The number of amides is 2. The number of rotatable bonds is 6. The maximum atomic E-state index is 12.6. The van der Waals surface area contributed by atoms with Gasteiger partial charge in [0, 0.05) is 11.4 Å². The lowest BCUT2D eigenvalue weighted by Crippen LogP contribution is -2.36. The molecule has 8 nitrogen and oxygen atoms in total. The fourth-order valence-electron chi connectivity index (χ4n) is 4.59. The Kier molecular flexibility index (Phi) is 7.07. The lowest BCUT2D eigenvalue weighted by Gasteiger charge is -2.27. The predicted octanol–water partition coefficient (Wildman–Crippen LogP) is 3.35. The molecule has 0 spiro atoms. The van der Waals surface area contributed by atoms with Crippen LogP contribution < -0.4 is 10.6 Å². The molecule has 0 unspecified atom stereocenters. The Balaban J connectivity index is 1.59. The number of hydrogen-bond acceptors (Lipinski definition) is 4. The van der Waals surface area contributed by atoms with Gasteiger partial charge in [-0.05, 0) is 49.9 Å². The largest absolute Gasteiger partial charge is 0.481 e. The average molecular weight is 416 g/mol. The molecular weight excluding hydrogens is 388 g/mol. The van der Waals surface area contributed by atoms with Crippen LogP contribution in [-0.2, 0) is 19.2 Å². The van der Waals surface area contributed by atoms with Gasteiger partial charge in [0.25, 0.3) is 0 Å². The Hall–Kier alpha value is -2.90. The Bertz CT molecular complexity index is 739. The summed E-state index contributed by atoms with van der Waals surface area (Å²) in [5.74, 6) is -4.88. The van der Waals surface area contributed by atoms with Crippen molar-refractivity contribution in [3.8, 4) is 0 Å². The highest BCUT2D eigenvalue weighted by molar-refractivity contribution is 5.97. The zero-order valence-corrected chi connectivity index (χ0v) is 16.8. The highest BCUT2D eigenvalue weighted by Gasteiger charge is 2.36. The Morgan fingerprint density at radius 2 is 0.900 bits per heavy atom. The summed E-state index contributed by atoms with van der Waals surface area (Å²) < 4.78 is 0. The van der Waals surface area contributed by atoms with Crippen LogP contribution in [0.15, 0.2) is 24.3 Å². The molecule has 0 saturated heterocycles. The summed E-state index contributed by atoms with van der Waals surface area (Å²) in [5, 5.41) is 24.2. The fraction of sp³-hybridized carbons (Fsp3) is 0.545. The topological polar surface area (TPSA) is 133 Å². The maximum Gasteiger partial charge on any atom is 0.307 e. The molecule has 0 heterocycles. The van der Waals surface area contributed by atoms with Crippen LogP contribution >= 0.6 is 0 Å². The zero-order valence-electron chi connectivity index (χ0n) is 16.8. The van der Waals surface area contributed by atoms with Gasteiger partial charge in [-0.2, -0.15) is 0 Å². The Morgan fingerprint density at radius 3 is 1.20 bits per heavy atom. The molecule has 2 saturated carbocycles. The molecule has 2 amide bonds. The van der Waals surface area contributed by atoms with Crippen LogP contribution in [0.2, 0.25) is 0 Å². The molecule has 3 rings (SSSR count). The molecule has 1 aromatic carbocycles. The molecule has 30 heavy (non-hydrogen) atoms. The lowest BCUT2D eigenvalue weighted by molar-refractivity contribution is -0.148. The summed E-state index contributed by atoms with van der Waals surface area (Å²) in [6.07, 6.45) is 5.45. The third-order valence-electron chi connectivity index (χ3n) is 6.26. The first-order valence-corrected chi connectivity index (χ1v) is 10.5. The molecule has 0 radical (unpaired) electrons. The standard InChI is InChI=1S/C22H28N2O6/c25-19(15-5-1-3-7-17(15)21(27)28)23-13-9-11-14(12-10-13)24-20(26)16-6-2-4-8-18(16)22(29)30/h9-12,15-18H,1-8H2,(H,23,25)(H,24,26)(H,27,28)(H,29,30)/t15-,16+,17+,18-. The summed E-state index contributed by atoms with van der Waals surface area (Å²) in [6.45, 7) is 0. The van der Waals surface area contributed by atoms with Gasteiger partial charge in [0.05, 0.1) is 23.7 Å². The molecule has 2 aliphatic carbocycles. The Morgan fingerprint density at radius 1 is 0.600 bits per heavy atom. The lowest BCUT2D eigenvalue weighted by atomic mass is 9.78. The van der Waals surface area contributed by atoms with E-state index in [0.717, 1.165) is 25.7 Å². The average Bonchev–Trinajstić information content (AvgIpc) is 2.75. The van der Waals surface area contributed by atoms with Gasteiger partial charge >= 0.3 is 11.9 Å². The van der Waals surface area contributed by atoms with E-state index in [2.05, 4.69) is 10.6 Å². The van der Waals surface area contributed by atoms with Crippen molar-refractivity contribution in [2.45, 2.75) is 51.4 Å². The highest BCUT2D eigenvalue weighted by atomic mass is 16.4. The van der Waals surface area contributed by atoms with Gasteiger partial charge in [-0.25, -0.2) is 0 Å². The summed E-state index contributed by atoms with van der Waals surface area (Å²) in [4.78, 5) is 47.9. The summed E-state index contributed by atoms with van der Waals surface area (Å²) in [7, 11) is 0. The minimum atomic E-state index is -0.935. The van der Waals surface area contributed by atoms with Gasteiger partial charge in [0.15, 0.2) is 0 Å². The second-order valence-electron chi connectivity index (χ2n) is 8.23. The van der Waals surface area contributed by atoms with Gasteiger partial charge in [0.1, 0.15) is 0 Å². The number of aliphatic carboxylic acids is 2. The molecule has 1 aromatic rings. The molecule has 8 heteroatoms. The Labute approximate surface area is 175 Å². The van der Waals surface area contributed by atoms with Crippen molar-refractivity contribution in [3.63, 3.8) is 0 Å². The van der Waals surface area contributed by atoms with E-state index >= 15 is 0 Å². The SMILES string of the molecule is O=C(O)[C@H]1CCCC[C@H]1C(=O)Nc1ccc(NC(=O)[C@H]2CCCC[C@H]2C(=O)O)cc1. The van der Waals surface area contributed by atoms with Crippen LogP contribution in [0.4, 0.5) is 11.4 Å². The molecule has 0 bridgehead atoms. The van der Waals surface area contributed by atoms with E-state index in [-0.39, 0.29) is 11.8 Å². The molecule has 2 fully saturated rings. The molecule has 162 valence electrons. The quantitative estimate of drug-likeness (QED) is 0.562. The van der Waals surface area contributed by atoms with Crippen molar-refractivity contribution in [2.24, 2.45) is 23.7 Å². The second-order valence-corrected chi connectivity index (χ2v) is 8.23. The van der Waals surface area contributed by atoms with E-state index in [1.165, 1.54) is 0 Å². The third-order valence-corrected chi connectivity index (χ3v) is 6.26. The molecular formula is C22H28N2O6. The van der Waals surface area contributed by atoms with E-state index < -0.39 is 35.6 Å². The molecule has 4 atom stereocenters. The van der Waals surface area contributed by atoms with E-state index in [9.17, 15) is 29.4 Å². The maximum absolute atomic E-state index is 12.6. The number of carbonyl (C=O) groups excluding carboxylic acids is 2. The first-order chi connectivity index (χ1) is 14.4. The van der Waals surface area contributed by atoms with Gasteiger partial charge in [-0.3, -0.25) is 19.2 Å². The highest BCUT2D eigenvalue weighted by Crippen LogP contribution is 2.32. The van der Waals surface area contributed by atoms with Crippen molar-refractivity contribution in [1.82, 2.24) is 0 Å². The van der Waals surface area contributed by atoms with E-state index in [1.807, 2.05) is 0 Å². The first kappa shape index (κ1) is 21.8. The van der Waals surface area contributed by atoms with Gasteiger partial charge in [-0.15, -0.1) is 0 Å². The van der Waals surface area contributed by atoms with Gasteiger partial charge < -0.3 is 20.8 Å². The number of hydrogen-bond donors (Lipinski definition) is 4. The summed E-state index contributed by atoms with van der Waals surface area (Å²) in [6, 6.07) is 6.56. The van der Waals surface area contributed by atoms with Gasteiger partial charge in [-0.1, -0.05) is 25.7 Å². The number of nitrogens with one attached hydrogen (secondary N) is 2. The van der Waals surface area contributed by atoms with Crippen molar-refractivity contribution in [2.75, 3.05) is 10.6 Å². The number of carboxylic acids is 2. The first-order valence-electron chi connectivity index (χ1n) is 10.5. The van der Waals surface area contributed by atoms with Crippen molar-refractivity contribution >= 4 is 35.1 Å². The van der Waals surface area contributed by atoms with E-state index in [0.29, 0.717) is 37.1 Å². The fourth-order valence-corrected chi connectivity index (χ4v) is 4.59. The van der Waals surface area contributed by atoms with Crippen LogP contribution in [0.1, 0.15) is 51.4 Å².